The number of hydrogen-bond acceptors (Lipinski definition) is 3. The van der Waals surface area contributed by atoms with Crippen molar-refractivity contribution in [2.24, 2.45) is 5.92 Å². The maximum atomic E-state index is 3.36. The van der Waals surface area contributed by atoms with E-state index in [1.54, 1.807) is 0 Å². The highest BCUT2D eigenvalue weighted by molar-refractivity contribution is 4.69. The Morgan fingerprint density at radius 1 is 1.27 bits per heavy atom. The highest BCUT2D eigenvalue weighted by Gasteiger charge is 2.11. The second kappa shape index (κ2) is 5.52. The summed E-state index contributed by atoms with van der Waals surface area (Å²) >= 11 is 0. The molecular formula is C8H19N3. The van der Waals surface area contributed by atoms with Gasteiger partial charge in [-0.25, -0.2) is 0 Å². The van der Waals surface area contributed by atoms with Gasteiger partial charge in [0.15, 0.2) is 0 Å². The Bertz CT molecular complexity index is 89.3. The van der Waals surface area contributed by atoms with Gasteiger partial charge < -0.3 is 5.32 Å². The summed E-state index contributed by atoms with van der Waals surface area (Å²) in [5, 5.41) is 3.36. The molecule has 1 fully saturated rings. The van der Waals surface area contributed by atoms with Gasteiger partial charge in [0.2, 0.25) is 0 Å². The minimum absolute atomic E-state index is 0.871. The van der Waals surface area contributed by atoms with E-state index in [2.05, 4.69) is 23.1 Å². The van der Waals surface area contributed by atoms with Crippen LogP contribution in [0, 0.1) is 5.92 Å². The standard InChI is InChI=1S/C8H19N3/c1-2-10-11-7-8-3-5-9-6-4-8/h8-11H,2-7H2,1H3. The highest BCUT2D eigenvalue weighted by atomic mass is 15.3. The molecule has 0 saturated carbocycles. The molecule has 0 aromatic heterocycles. The SMILES string of the molecule is CCNNCC1CCNCC1. The Hall–Kier alpha value is -0.120. The van der Waals surface area contributed by atoms with Crippen LogP contribution in [0.1, 0.15) is 19.8 Å². The largest absolute Gasteiger partial charge is 0.317 e. The normalized spacial score (nSPS) is 20.5. The lowest BCUT2D eigenvalue weighted by Gasteiger charge is -2.22. The van der Waals surface area contributed by atoms with E-state index in [0.29, 0.717) is 0 Å². The van der Waals surface area contributed by atoms with Crippen molar-refractivity contribution in [1.29, 1.82) is 0 Å². The maximum absolute atomic E-state index is 3.36. The van der Waals surface area contributed by atoms with Gasteiger partial charge in [0.1, 0.15) is 0 Å². The van der Waals surface area contributed by atoms with E-state index in [0.717, 1.165) is 19.0 Å². The number of piperidine rings is 1. The first kappa shape index (κ1) is 8.97. The summed E-state index contributed by atoms with van der Waals surface area (Å²) in [6, 6.07) is 0. The number of hydrogen-bond donors (Lipinski definition) is 3. The van der Waals surface area contributed by atoms with E-state index in [1.807, 2.05) is 0 Å². The summed E-state index contributed by atoms with van der Waals surface area (Å²) in [5.41, 5.74) is 6.35. The van der Waals surface area contributed by atoms with Crippen molar-refractivity contribution in [2.45, 2.75) is 19.8 Å². The van der Waals surface area contributed by atoms with Crippen molar-refractivity contribution in [2.75, 3.05) is 26.2 Å². The lowest BCUT2D eigenvalue weighted by molar-refractivity contribution is 0.340. The Morgan fingerprint density at radius 2 is 2.00 bits per heavy atom. The third-order valence-corrected chi connectivity index (χ3v) is 2.15. The molecule has 0 aromatic carbocycles. The van der Waals surface area contributed by atoms with Crippen LogP contribution in [0.5, 0.6) is 0 Å². The van der Waals surface area contributed by atoms with E-state index in [9.17, 15) is 0 Å². The molecule has 0 spiro atoms. The van der Waals surface area contributed by atoms with Crippen LogP contribution >= 0.6 is 0 Å². The molecule has 3 N–H and O–H groups in total. The van der Waals surface area contributed by atoms with Gasteiger partial charge in [-0.3, -0.25) is 10.9 Å². The van der Waals surface area contributed by atoms with Gasteiger partial charge in [-0.2, -0.15) is 0 Å². The lowest BCUT2D eigenvalue weighted by atomic mass is 9.99. The van der Waals surface area contributed by atoms with Crippen molar-refractivity contribution >= 4 is 0 Å². The van der Waals surface area contributed by atoms with Crippen LogP contribution in [0.25, 0.3) is 0 Å². The molecule has 0 unspecified atom stereocenters. The first-order chi connectivity index (χ1) is 5.43. The predicted molar refractivity (Wildman–Crippen MR) is 47.3 cm³/mol. The fourth-order valence-corrected chi connectivity index (χ4v) is 1.43. The molecule has 1 heterocycles. The molecule has 3 heteroatoms. The Kier molecular flexibility index (Phi) is 4.50. The van der Waals surface area contributed by atoms with E-state index < -0.39 is 0 Å². The molecule has 1 aliphatic heterocycles. The van der Waals surface area contributed by atoms with Crippen LogP contribution in [0.3, 0.4) is 0 Å². The smallest absolute Gasteiger partial charge is 0.0129 e. The predicted octanol–water partition coefficient (Wildman–Crippen LogP) is 0.100. The van der Waals surface area contributed by atoms with Crippen molar-refractivity contribution in [3.63, 3.8) is 0 Å². The van der Waals surface area contributed by atoms with Crippen LogP contribution in [-0.4, -0.2) is 26.2 Å². The lowest BCUT2D eigenvalue weighted by Crippen LogP contribution is -2.39. The zero-order valence-corrected chi connectivity index (χ0v) is 7.32. The van der Waals surface area contributed by atoms with E-state index >= 15 is 0 Å². The van der Waals surface area contributed by atoms with Gasteiger partial charge in [0.05, 0.1) is 0 Å². The molecular weight excluding hydrogens is 138 g/mol. The van der Waals surface area contributed by atoms with Gasteiger partial charge in [-0.15, -0.1) is 0 Å². The molecule has 0 amide bonds. The third kappa shape index (κ3) is 3.70. The Balaban J connectivity index is 1.96. The van der Waals surface area contributed by atoms with Crippen LogP contribution in [-0.2, 0) is 0 Å². The monoisotopic (exact) mass is 157 g/mol. The van der Waals surface area contributed by atoms with E-state index in [-0.39, 0.29) is 0 Å². The number of rotatable bonds is 4. The minimum Gasteiger partial charge on any atom is -0.317 e. The average molecular weight is 157 g/mol. The average Bonchev–Trinajstić information content (AvgIpc) is 2.07. The zero-order chi connectivity index (χ0) is 7.94. The third-order valence-electron chi connectivity index (χ3n) is 2.15. The summed E-state index contributed by atoms with van der Waals surface area (Å²) < 4.78 is 0. The van der Waals surface area contributed by atoms with Crippen LogP contribution in [0.2, 0.25) is 0 Å². The number of nitrogens with one attached hydrogen (secondary N) is 3. The van der Waals surface area contributed by atoms with Gasteiger partial charge in [-0.05, 0) is 31.8 Å². The van der Waals surface area contributed by atoms with Crippen LogP contribution in [0.4, 0.5) is 0 Å². The topological polar surface area (TPSA) is 36.1 Å². The first-order valence-electron chi connectivity index (χ1n) is 4.60. The molecule has 0 bridgehead atoms. The molecule has 1 saturated heterocycles. The van der Waals surface area contributed by atoms with Gasteiger partial charge in [0, 0.05) is 13.1 Å². The first-order valence-corrected chi connectivity index (χ1v) is 4.60. The Morgan fingerprint density at radius 3 is 2.64 bits per heavy atom. The van der Waals surface area contributed by atoms with Gasteiger partial charge in [0.25, 0.3) is 0 Å². The summed E-state index contributed by atoms with van der Waals surface area (Å²) in [6.07, 6.45) is 2.64. The van der Waals surface area contributed by atoms with Crippen molar-refractivity contribution in [3.8, 4) is 0 Å². The summed E-state index contributed by atoms with van der Waals surface area (Å²) in [4.78, 5) is 0. The van der Waals surface area contributed by atoms with Gasteiger partial charge >= 0.3 is 0 Å². The van der Waals surface area contributed by atoms with Crippen LogP contribution < -0.4 is 16.2 Å². The van der Waals surface area contributed by atoms with E-state index in [4.69, 9.17) is 0 Å². The molecule has 0 aromatic rings. The fourth-order valence-electron chi connectivity index (χ4n) is 1.43. The summed E-state index contributed by atoms with van der Waals surface area (Å²) in [5.74, 6) is 0.871. The molecule has 1 rings (SSSR count). The maximum Gasteiger partial charge on any atom is 0.0129 e. The molecule has 0 radical (unpaired) electrons. The van der Waals surface area contributed by atoms with Crippen molar-refractivity contribution < 1.29 is 0 Å². The molecule has 11 heavy (non-hydrogen) atoms. The van der Waals surface area contributed by atoms with Crippen LogP contribution in [0.15, 0.2) is 0 Å². The molecule has 1 aliphatic rings. The second-order valence-corrected chi connectivity index (χ2v) is 3.10. The van der Waals surface area contributed by atoms with Crippen molar-refractivity contribution in [1.82, 2.24) is 16.2 Å². The minimum atomic E-state index is 0.871. The fraction of sp³-hybridized carbons (Fsp3) is 1.00. The second-order valence-electron chi connectivity index (χ2n) is 3.10. The molecule has 66 valence electrons. The summed E-state index contributed by atoms with van der Waals surface area (Å²) in [7, 11) is 0. The molecule has 0 atom stereocenters. The number of hydrazine groups is 1. The molecule has 3 nitrogen and oxygen atoms in total. The Labute approximate surface area is 68.9 Å². The van der Waals surface area contributed by atoms with E-state index in [1.165, 1.54) is 25.9 Å². The zero-order valence-electron chi connectivity index (χ0n) is 7.32. The molecule has 0 aliphatic carbocycles. The quantitative estimate of drug-likeness (QED) is 0.400. The van der Waals surface area contributed by atoms with Gasteiger partial charge in [-0.1, -0.05) is 6.92 Å². The van der Waals surface area contributed by atoms with Crippen molar-refractivity contribution in [3.05, 3.63) is 0 Å². The summed E-state index contributed by atoms with van der Waals surface area (Å²) in [6.45, 7) is 6.62. The highest BCUT2D eigenvalue weighted by Crippen LogP contribution is 2.08.